The van der Waals surface area contributed by atoms with Crippen molar-refractivity contribution in [1.29, 1.82) is 0 Å². The van der Waals surface area contributed by atoms with Crippen molar-refractivity contribution in [2.24, 2.45) is 0 Å². The van der Waals surface area contributed by atoms with E-state index in [1.54, 1.807) is 0 Å². The van der Waals surface area contributed by atoms with Gasteiger partial charge < -0.3 is 14.2 Å². The molecular formula is C21H26N4O9. The number of hydrogen-bond acceptors (Lipinski definition) is 9. The summed E-state index contributed by atoms with van der Waals surface area (Å²) in [6, 6.07) is 0. The number of esters is 2. The molecule has 0 spiro atoms. The van der Waals surface area contributed by atoms with E-state index >= 15 is 0 Å². The van der Waals surface area contributed by atoms with Gasteiger partial charge in [-0.2, -0.15) is 4.68 Å². The van der Waals surface area contributed by atoms with E-state index in [0.29, 0.717) is 4.68 Å². The van der Waals surface area contributed by atoms with E-state index in [9.17, 15) is 28.8 Å². The van der Waals surface area contributed by atoms with Crippen molar-refractivity contribution in [3.05, 3.63) is 44.1 Å². The minimum Gasteiger partial charge on any atom is -0.465 e. The molecule has 0 fully saturated rings. The number of hydrogen-bond donors (Lipinski definition) is 2. The van der Waals surface area contributed by atoms with Gasteiger partial charge in [-0.1, -0.05) is 0 Å². The fourth-order valence-electron chi connectivity index (χ4n) is 3.66. The minimum absolute atomic E-state index is 0.0307. The quantitative estimate of drug-likeness (QED) is 0.254. The van der Waals surface area contributed by atoms with Gasteiger partial charge in [0, 0.05) is 11.4 Å². The normalized spacial score (nSPS) is 11.5. The van der Waals surface area contributed by atoms with E-state index in [1.807, 2.05) is 0 Å². The van der Waals surface area contributed by atoms with Crippen molar-refractivity contribution in [2.75, 3.05) is 26.3 Å². The van der Waals surface area contributed by atoms with E-state index in [4.69, 9.17) is 9.47 Å². The molecule has 2 rings (SSSR count). The lowest BCUT2D eigenvalue weighted by Crippen LogP contribution is -2.38. The summed E-state index contributed by atoms with van der Waals surface area (Å²) in [5, 5.41) is 2.46. The Balaban J connectivity index is 2.66. The first-order chi connectivity index (χ1) is 15.9. The number of aromatic nitrogens is 3. The Bertz CT molecular complexity index is 1230. The fourth-order valence-corrected chi connectivity index (χ4v) is 3.66. The molecule has 2 aromatic heterocycles. The van der Waals surface area contributed by atoms with Crippen LogP contribution < -0.4 is 11.0 Å². The average molecular weight is 478 g/mol. The molecule has 0 aliphatic heterocycles. The van der Waals surface area contributed by atoms with Crippen LogP contribution in [0.2, 0.25) is 0 Å². The van der Waals surface area contributed by atoms with Crippen LogP contribution in [0.5, 0.6) is 0 Å². The summed E-state index contributed by atoms with van der Waals surface area (Å²) in [4.78, 5) is 75.2. The number of H-pyrrole nitrogens is 1. The van der Waals surface area contributed by atoms with Crippen LogP contribution in [-0.4, -0.2) is 65.0 Å². The number of aryl methyl sites for hydroxylation is 1. The van der Waals surface area contributed by atoms with Gasteiger partial charge in [0.05, 0.1) is 43.2 Å². The fraction of sp³-hybridized carbons (Fsp3) is 0.429. The molecule has 0 bridgehead atoms. The number of carbonyl (C=O) groups excluding carboxylic acids is 5. The van der Waals surface area contributed by atoms with Crippen LogP contribution >= 0.6 is 0 Å². The summed E-state index contributed by atoms with van der Waals surface area (Å²) in [6.45, 7) is 7.04. The van der Waals surface area contributed by atoms with Crippen LogP contribution in [0.1, 0.15) is 63.1 Å². The smallest absolute Gasteiger partial charge is 0.435 e. The Hall–Kier alpha value is -4.16. The molecule has 0 saturated carbocycles. The maximum absolute atomic E-state index is 13.3. The topological polar surface area (TPSA) is 168 Å². The Morgan fingerprint density at radius 1 is 1.00 bits per heavy atom. The molecule has 13 nitrogen and oxygen atoms in total. The molecule has 184 valence electrons. The number of carbonyl (C=O) groups is 5. The molecular weight excluding hydrogens is 452 g/mol. The number of Topliss-reactive ketones (excluding diaryl/α,β-unsaturated/α-hetero) is 1. The Morgan fingerprint density at radius 3 is 2.09 bits per heavy atom. The molecule has 1 amide bonds. The predicted molar refractivity (Wildman–Crippen MR) is 117 cm³/mol. The third-order valence-corrected chi connectivity index (χ3v) is 5.16. The van der Waals surface area contributed by atoms with Crippen molar-refractivity contribution >= 4 is 29.7 Å². The van der Waals surface area contributed by atoms with Crippen LogP contribution in [0, 0.1) is 20.8 Å². The molecule has 2 heterocycles. The number of rotatable bonds is 7. The Labute approximate surface area is 193 Å². The van der Waals surface area contributed by atoms with Crippen LogP contribution in [0.15, 0.2) is 4.79 Å². The van der Waals surface area contributed by atoms with Crippen molar-refractivity contribution in [3.63, 3.8) is 0 Å². The SMILES string of the molecule is CCOC(=O)C(C(=O)Nn1c(C)c(C(C)=O)c(C(=O)OC)c1C)c1c(C)[nH]n(C(=O)OC)c1=O. The Morgan fingerprint density at radius 2 is 1.59 bits per heavy atom. The maximum Gasteiger partial charge on any atom is 0.435 e. The summed E-state index contributed by atoms with van der Waals surface area (Å²) < 4.78 is 15.9. The second-order valence-corrected chi connectivity index (χ2v) is 7.23. The third-order valence-electron chi connectivity index (χ3n) is 5.16. The van der Waals surface area contributed by atoms with Crippen LogP contribution in [0.25, 0.3) is 0 Å². The minimum atomic E-state index is -1.78. The van der Waals surface area contributed by atoms with Gasteiger partial charge in [0.25, 0.3) is 11.5 Å². The molecule has 1 atom stereocenters. The molecule has 2 N–H and O–H groups in total. The molecule has 0 radical (unpaired) electrons. The van der Waals surface area contributed by atoms with E-state index in [0.717, 1.165) is 18.9 Å². The van der Waals surface area contributed by atoms with E-state index < -0.39 is 41.2 Å². The Kier molecular flexibility index (Phi) is 7.82. The van der Waals surface area contributed by atoms with Crippen molar-refractivity contribution < 1.29 is 38.2 Å². The molecule has 1 unspecified atom stereocenters. The highest BCUT2D eigenvalue weighted by molar-refractivity contribution is 6.09. The van der Waals surface area contributed by atoms with Gasteiger partial charge in [0.15, 0.2) is 11.7 Å². The number of methoxy groups -OCH3 is 2. The lowest BCUT2D eigenvalue weighted by molar-refractivity contribution is -0.147. The molecule has 0 saturated heterocycles. The first-order valence-corrected chi connectivity index (χ1v) is 10.1. The number of ether oxygens (including phenoxy) is 3. The molecule has 13 heteroatoms. The van der Waals surface area contributed by atoms with E-state index in [1.165, 1.54) is 34.6 Å². The van der Waals surface area contributed by atoms with Gasteiger partial charge >= 0.3 is 18.0 Å². The molecule has 34 heavy (non-hydrogen) atoms. The van der Waals surface area contributed by atoms with Crippen LogP contribution in [0.4, 0.5) is 4.79 Å². The zero-order valence-electron chi connectivity index (χ0n) is 19.9. The number of ketones is 1. The molecule has 0 aliphatic rings. The standard InChI is InChI=1S/C21H26N4O9/c1-8-34-20(30)16(13-9(2)22-25(18(13)28)21(31)33-7)17(27)23-24-10(3)14(12(5)26)15(11(24)4)19(29)32-6/h16,22H,8H2,1-7H3,(H,23,27). The number of aromatic amines is 1. The number of nitrogens with one attached hydrogen (secondary N) is 2. The van der Waals surface area contributed by atoms with Gasteiger partial charge in [0.2, 0.25) is 0 Å². The first kappa shape index (κ1) is 26.1. The second kappa shape index (κ2) is 10.2. The number of amides is 1. The summed E-state index contributed by atoms with van der Waals surface area (Å²) in [6.07, 6.45) is -1.05. The van der Waals surface area contributed by atoms with Gasteiger partial charge in [-0.05, 0) is 34.6 Å². The van der Waals surface area contributed by atoms with Gasteiger partial charge in [-0.25, -0.2) is 9.59 Å². The van der Waals surface area contributed by atoms with E-state index in [-0.39, 0.29) is 40.4 Å². The van der Waals surface area contributed by atoms with Crippen molar-refractivity contribution in [2.45, 2.75) is 40.5 Å². The highest BCUT2D eigenvalue weighted by Crippen LogP contribution is 2.24. The van der Waals surface area contributed by atoms with Crippen molar-refractivity contribution in [3.8, 4) is 0 Å². The average Bonchev–Trinajstić information content (AvgIpc) is 3.21. The second-order valence-electron chi connectivity index (χ2n) is 7.23. The zero-order chi connectivity index (χ0) is 25.9. The van der Waals surface area contributed by atoms with Crippen molar-refractivity contribution in [1.82, 2.24) is 14.5 Å². The highest BCUT2D eigenvalue weighted by Gasteiger charge is 2.37. The maximum atomic E-state index is 13.3. The lowest BCUT2D eigenvalue weighted by Gasteiger charge is -2.17. The van der Waals surface area contributed by atoms with Gasteiger partial charge in [-0.15, -0.1) is 0 Å². The molecule has 0 aromatic carbocycles. The zero-order valence-corrected chi connectivity index (χ0v) is 19.9. The lowest BCUT2D eigenvalue weighted by atomic mass is 9.99. The number of nitrogens with zero attached hydrogens (tertiary/aromatic N) is 2. The van der Waals surface area contributed by atoms with Crippen LogP contribution in [-0.2, 0) is 23.8 Å². The highest BCUT2D eigenvalue weighted by atomic mass is 16.5. The third kappa shape index (κ3) is 4.49. The summed E-state index contributed by atoms with van der Waals surface area (Å²) in [5.41, 5.74) is 1.57. The first-order valence-electron chi connectivity index (χ1n) is 10.1. The van der Waals surface area contributed by atoms with Gasteiger partial charge in [-0.3, -0.25) is 34.4 Å². The summed E-state index contributed by atoms with van der Waals surface area (Å²) in [7, 11) is 2.21. The predicted octanol–water partition coefficient (Wildman–Crippen LogP) is 0.924. The largest absolute Gasteiger partial charge is 0.465 e. The van der Waals surface area contributed by atoms with E-state index in [2.05, 4.69) is 15.3 Å². The van der Waals surface area contributed by atoms with Crippen LogP contribution in [0.3, 0.4) is 0 Å². The van der Waals surface area contributed by atoms with Gasteiger partial charge in [0.1, 0.15) is 0 Å². The summed E-state index contributed by atoms with van der Waals surface area (Å²) in [5.74, 6) is -5.05. The molecule has 2 aromatic rings. The molecule has 0 aliphatic carbocycles. The monoisotopic (exact) mass is 478 g/mol. The summed E-state index contributed by atoms with van der Waals surface area (Å²) >= 11 is 0.